The fourth-order valence-corrected chi connectivity index (χ4v) is 2.39. The summed E-state index contributed by atoms with van der Waals surface area (Å²) in [5, 5.41) is 7.82. The summed E-state index contributed by atoms with van der Waals surface area (Å²) in [5.41, 5.74) is 2.34. The molecule has 2 aromatic heterocycles. The number of nitrogens with one attached hydrogen (secondary N) is 1. The van der Waals surface area contributed by atoms with E-state index in [1.54, 1.807) is 0 Å². The Balaban J connectivity index is 1.71. The Morgan fingerprint density at radius 3 is 2.95 bits per heavy atom. The zero-order chi connectivity index (χ0) is 13.3. The van der Waals surface area contributed by atoms with E-state index in [9.17, 15) is 0 Å². The Morgan fingerprint density at radius 1 is 1.37 bits per heavy atom. The van der Waals surface area contributed by atoms with E-state index >= 15 is 0 Å². The summed E-state index contributed by atoms with van der Waals surface area (Å²) in [4.78, 5) is 4.48. The van der Waals surface area contributed by atoms with Crippen molar-refractivity contribution in [2.45, 2.75) is 26.7 Å². The molecule has 0 radical (unpaired) electrons. The van der Waals surface area contributed by atoms with Crippen molar-refractivity contribution >= 4 is 11.6 Å². The minimum absolute atomic E-state index is 0.283. The number of pyridine rings is 1. The number of hydrogen-bond donors (Lipinski definition) is 1. The van der Waals surface area contributed by atoms with Crippen molar-refractivity contribution in [1.29, 1.82) is 0 Å². The van der Waals surface area contributed by atoms with Crippen LogP contribution in [0.5, 0.6) is 0 Å². The van der Waals surface area contributed by atoms with Gasteiger partial charge in [0.1, 0.15) is 0 Å². The molecule has 0 bridgehead atoms. The molecule has 1 aliphatic rings. The maximum absolute atomic E-state index is 5.42. The summed E-state index contributed by atoms with van der Waals surface area (Å²) >= 11 is 0. The summed E-state index contributed by atoms with van der Waals surface area (Å²) in [5.74, 6) is 0.707. The molecule has 0 unspecified atom stereocenters. The van der Waals surface area contributed by atoms with Crippen molar-refractivity contribution in [3.05, 3.63) is 23.9 Å². The first-order valence-corrected chi connectivity index (χ1v) is 6.79. The largest absolute Gasteiger partial charge is 0.381 e. The molecule has 2 aromatic rings. The lowest BCUT2D eigenvalue weighted by atomic mass is 9.82. The highest BCUT2D eigenvalue weighted by Crippen LogP contribution is 2.29. The molecule has 0 aromatic carbocycles. The Hall–Kier alpha value is -1.62. The first-order valence-electron chi connectivity index (χ1n) is 6.79. The number of fused-ring (bicyclic) bond motifs is 1. The van der Waals surface area contributed by atoms with Gasteiger partial charge in [-0.15, -0.1) is 5.10 Å². The van der Waals surface area contributed by atoms with Crippen LogP contribution >= 0.6 is 0 Å². The van der Waals surface area contributed by atoms with Crippen LogP contribution in [0.15, 0.2) is 18.3 Å². The van der Waals surface area contributed by atoms with E-state index < -0.39 is 0 Å². The lowest BCUT2D eigenvalue weighted by Gasteiger charge is -2.33. The molecule has 5 heteroatoms. The van der Waals surface area contributed by atoms with Crippen molar-refractivity contribution in [3.63, 3.8) is 0 Å². The van der Waals surface area contributed by atoms with E-state index in [0.29, 0.717) is 5.95 Å². The summed E-state index contributed by atoms with van der Waals surface area (Å²) < 4.78 is 7.24. The lowest BCUT2D eigenvalue weighted by Crippen LogP contribution is -2.33. The quantitative estimate of drug-likeness (QED) is 0.919. The number of rotatable bonds is 3. The molecule has 102 valence electrons. The third-order valence-corrected chi connectivity index (χ3v) is 3.85. The molecule has 1 saturated heterocycles. The predicted molar refractivity (Wildman–Crippen MR) is 74.4 cm³/mol. The first kappa shape index (κ1) is 12.4. The molecule has 0 aliphatic carbocycles. The van der Waals surface area contributed by atoms with Crippen LogP contribution in [0.1, 0.15) is 25.3 Å². The van der Waals surface area contributed by atoms with Gasteiger partial charge in [0.15, 0.2) is 5.65 Å². The molecule has 19 heavy (non-hydrogen) atoms. The number of ether oxygens (including phenoxy) is 1. The van der Waals surface area contributed by atoms with Gasteiger partial charge >= 0.3 is 0 Å². The van der Waals surface area contributed by atoms with Crippen LogP contribution in [0.4, 0.5) is 5.95 Å². The van der Waals surface area contributed by atoms with Crippen molar-refractivity contribution in [2.24, 2.45) is 5.41 Å². The molecular formula is C14H20N4O. The van der Waals surface area contributed by atoms with Gasteiger partial charge in [-0.3, -0.25) is 0 Å². The molecule has 1 aliphatic heterocycles. The van der Waals surface area contributed by atoms with E-state index in [0.717, 1.165) is 38.2 Å². The fourth-order valence-electron chi connectivity index (χ4n) is 2.39. The highest BCUT2D eigenvalue weighted by molar-refractivity contribution is 5.44. The van der Waals surface area contributed by atoms with Gasteiger partial charge in [-0.25, -0.2) is 4.52 Å². The number of anilines is 1. The number of aromatic nitrogens is 3. The number of hydrogen-bond acceptors (Lipinski definition) is 4. The minimum atomic E-state index is 0.283. The van der Waals surface area contributed by atoms with Crippen LogP contribution in [0, 0.1) is 12.3 Å². The average Bonchev–Trinajstić information content (AvgIpc) is 2.79. The standard InChI is InChI=1S/C14H20N4O/c1-11-3-4-12-16-13(17-18(12)9-11)15-10-14(2)5-7-19-8-6-14/h3-4,9H,5-8,10H2,1-2H3,(H,15,17). The number of aryl methyl sites for hydroxylation is 1. The molecule has 3 rings (SSSR count). The van der Waals surface area contributed by atoms with Gasteiger partial charge in [-0.2, -0.15) is 4.98 Å². The second-order valence-electron chi connectivity index (χ2n) is 5.72. The van der Waals surface area contributed by atoms with E-state index in [1.165, 1.54) is 5.56 Å². The Labute approximate surface area is 113 Å². The maximum Gasteiger partial charge on any atom is 0.243 e. The second kappa shape index (κ2) is 4.81. The van der Waals surface area contributed by atoms with Crippen molar-refractivity contribution in [1.82, 2.24) is 14.6 Å². The van der Waals surface area contributed by atoms with Crippen LogP contribution < -0.4 is 5.32 Å². The van der Waals surface area contributed by atoms with E-state index in [2.05, 4.69) is 29.2 Å². The molecule has 1 fully saturated rings. The van der Waals surface area contributed by atoms with Crippen LogP contribution in [-0.2, 0) is 4.74 Å². The van der Waals surface area contributed by atoms with E-state index in [1.807, 2.05) is 22.8 Å². The van der Waals surface area contributed by atoms with Crippen LogP contribution in [0.3, 0.4) is 0 Å². The van der Waals surface area contributed by atoms with Crippen molar-refractivity contribution in [3.8, 4) is 0 Å². The van der Waals surface area contributed by atoms with E-state index in [-0.39, 0.29) is 5.41 Å². The van der Waals surface area contributed by atoms with Gasteiger partial charge in [0.25, 0.3) is 0 Å². The molecular weight excluding hydrogens is 240 g/mol. The third-order valence-electron chi connectivity index (χ3n) is 3.85. The van der Waals surface area contributed by atoms with Crippen LogP contribution in [-0.4, -0.2) is 34.4 Å². The van der Waals surface area contributed by atoms with Crippen molar-refractivity contribution in [2.75, 3.05) is 25.1 Å². The smallest absolute Gasteiger partial charge is 0.243 e. The van der Waals surface area contributed by atoms with Crippen LogP contribution in [0.2, 0.25) is 0 Å². The summed E-state index contributed by atoms with van der Waals surface area (Å²) in [6, 6.07) is 4.04. The maximum atomic E-state index is 5.42. The van der Waals surface area contributed by atoms with Gasteiger partial charge in [-0.1, -0.05) is 13.0 Å². The zero-order valence-corrected chi connectivity index (χ0v) is 11.5. The zero-order valence-electron chi connectivity index (χ0n) is 11.5. The Bertz CT molecular complexity index is 572. The third kappa shape index (κ3) is 2.71. The van der Waals surface area contributed by atoms with E-state index in [4.69, 9.17) is 4.74 Å². The van der Waals surface area contributed by atoms with Gasteiger partial charge in [0, 0.05) is 26.0 Å². The molecule has 1 N–H and O–H groups in total. The molecule has 0 atom stereocenters. The second-order valence-corrected chi connectivity index (χ2v) is 5.72. The monoisotopic (exact) mass is 260 g/mol. The van der Waals surface area contributed by atoms with Gasteiger partial charge < -0.3 is 10.1 Å². The highest BCUT2D eigenvalue weighted by Gasteiger charge is 2.27. The van der Waals surface area contributed by atoms with Crippen LogP contribution in [0.25, 0.3) is 5.65 Å². The van der Waals surface area contributed by atoms with Gasteiger partial charge in [0.2, 0.25) is 5.95 Å². The van der Waals surface area contributed by atoms with Gasteiger partial charge in [0.05, 0.1) is 0 Å². The fraction of sp³-hybridized carbons (Fsp3) is 0.571. The normalized spacial score (nSPS) is 18.6. The van der Waals surface area contributed by atoms with Crippen molar-refractivity contribution < 1.29 is 4.74 Å². The SMILES string of the molecule is Cc1ccc2nc(NCC3(C)CCOCC3)nn2c1. The summed E-state index contributed by atoms with van der Waals surface area (Å²) in [6.07, 6.45) is 4.17. The lowest BCUT2D eigenvalue weighted by molar-refractivity contribution is 0.0299. The van der Waals surface area contributed by atoms with Gasteiger partial charge in [-0.05, 0) is 36.8 Å². The average molecular weight is 260 g/mol. The topological polar surface area (TPSA) is 51.5 Å². The summed E-state index contributed by atoms with van der Waals surface area (Å²) in [6.45, 7) is 6.96. The molecule has 5 nitrogen and oxygen atoms in total. The Kier molecular flexibility index (Phi) is 3.14. The molecule has 3 heterocycles. The molecule has 0 amide bonds. The molecule has 0 saturated carbocycles. The first-order chi connectivity index (χ1) is 9.15. The molecule has 0 spiro atoms. The highest BCUT2D eigenvalue weighted by atomic mass is 16.5. The minimum Gasteiger partial charge on any atom is -0.381 e. The predicted octanol–water partition coefficient (Wildman–Crippen LogP) is 2.27. The Morgan fingerprint density at radius 2 is 2.16 bits per heavy atom. The number of nitrogens with zero attached hydrogens (tertiary/aromatic N) is 3. The summed E-state index contributed by atoms with van der Waals surface area (Å²) in [7, 11) is 0.